The number of ether oxygens (including phenoxy) is 1. The highest BCUT2D eigenvalue weighted by atomic mass is 79.9. The van der Waals surface area contributed by atoms with E-state index >= 15 is 0 Å². The number of esters is 1. The molecule has 2 fully saturated rings. The number of fused-ring (bicyclic) bond motifs is 7. The highest BCUT2D eigenvalue weighted by Crippen LogP contribution is 2.70. The number of nitrogens with one attached hydrogen (secondary N) is 1. The molecule has 7 heteroatoms. The van der Waals surface area contributed by atoms with Crippen LogP contribution in [0.2, 0.25) is 0 Å². The zero-order valence-electron chi connectivity index (χ0n) is 18.4. The third-order valence-electron chi connectivity index (χ3n) is 7.99. The van der Waals surface area contributed by atoms with E-state index in [-0.39, 0.29) is 23.8 Å². The molecule has 0 aliphatic carbocycles. The van der Waals surface area contributed by atoms with Gasteiger partial charge < -0.3 is 10.1 Å². The minimum Gasteiger partial charge on any atom is -0.425 e. The first-order chi connectivity index (χ1) is 16.5. The molecule has 3 aromatic rings. The maximum atomic E-state index is 14.3. The van der Waals surface area contributed by atoms with Crippen molar-refractivity contribution in [2.45, 2.75) is 29.8 Å². The highest BCUT2D eigenvalue weighted by molar-refractivity contribution is 9.10. The second kappa shape index (κ2) is 6.97. The lowest BCUT2D eigenvalue weighted by Crippen LogP contribution is -2.61. The van der Waals surface area contributed by atoms with E-state index < -0.39 is 11.0 Å². The van der Waals surface area contributed by atoms with Gasteiger partial charge in [-0.3, -0.25) is 14.5 Å². The number of rotatable bonds is 1. The van der Waals surface area contributed by atoms with E-state index in [0.29, 0.717) is 11.6 Å². The van der Waals surface area contributed by atoms with E-state index in [4.69, 9.17) is 4.74 Å². The summed E-state index contributed by atoms with van der Waals surface area (Å²) in [5.74, 6) is 1.32. The second-order valence-corrected chi connectivity index (χ2v) is 11.4. The molecule has 0 aromatic heterocycles. The summed E-state index contributed by atoms with van der Waals surface area (Å²) in [7, 11) is 0. The Labute approximate surface area is 210 Å². The van der Waals surface area contributed by atoms with Gasteiger partial charge in [0.15, 0.2) is 5.54 Å². The first-order valence-electron chi connectivity index (χ1n) is 11.3. The lowest BCUT2D eigenvalue weighted by Gasteiger charge is -2.42. The number of amides is 1. The van der Waals surface area contributed by atoms with Crippen LogP contribution in [0, 0.1) is 6.92 Å². The molecule has 7 rings (SSSR count). The van der Waals surface area contributed by atoms with Gasteiger partial charge in [-0.15, -0.1) is 11.8 Å². The normalized spacial score (nSPS) is 31.0. The first-order valence-corrected chi connectivity index (χ1v) is 13.3. The lowest BCUT2D eigenvalue weighted by molar-refractivity contribution is -0.147. The van der Waals surface area contributed by atoms with Crippen molar-refractivity contribution in [1.29, 1.82) is 0 Å². The summed E-state index contributed by atoms with van der Waals surface area (Å²) in [6.45, 7) is 2.06. The van der Waals surface area contributed by atoms with E-state index in [1.165, 1.54) is 0 Å². The predicted molar refractivity (Wildman–Crippen MR) is 135 cm³/mol. The van der Waals surface area contributed by atoms with Gasteiger partial charge in [0.05, 0.1) is 0 Å². The fourth-order valence-electron chi connectivity index (χ4n) is 6.81. The minimum atomic E-state index is -1.21. The van der Waals surface area contributed by atoms with Crippen LogP contribution < -0.4 is 10.1 Å². The Morgan fingerprint density at radius 1 is 1.06 bits per heavy atom. The molecule has 2 saturated heterocycles. The molecular weight excluding hydrogens is 512 g/mol. The molecule has 170 valence electrons. The minimum absolute atomic E-state index is 0.00194. The number of anilines is 1. The number of halogens is 1. The number of thioether (sulfide) groups is 1. The summed E-state index contributed by atoms with van der Waals surface area (Å²) in [6, 6.07) is 21.9. The largest absolute Gasteiger partial charge is 0.425 e. The van der Waals surface area contributed by atoms with Crippen molar-refractivity contribution in [3.05, 3.63) is 93.5 Å². The van der Waals surface area contributed by atoms with Crippen LogP contribution in [0.25, 0.3) is 0 Å². The van der Waals surface area contributed by atoms with Gasteiger partial charge in [0.25, 0.3) is 5.91 Å². The van der Waals surface area contributed by atoms with Gasteiger partial charge in [0, 0.05) is 44.9 Å². The zero-order chi connectivity index (χ0) is 23.2. The fraction of sp³-hybridized carbons (Fsp3) is 0.259. The lowest BCUT2D eigenvalue weighted by atomic mass is 9.57. The fourth-order valence-corrected chi connectivity index (χ4v) is 8.47. The van der Waals surface area contributed by atoms with E-state index in [1.54, 1.807) is 0 Å². The molecule has 3 aromatic carbocycles. The van der Waals surface area contributed by atoms with E-state index in [0.717, 1.165) is 38.2 Å². The molecule has 34 heavy (non-hydrogen) atoms. The van der Waals surface area contributed by atoms with Crippen molar-refractivity contribution in [2.75, 3.05) is 16.9 Å². The maximum Gasteiger partial charge on any atom is 0.325 e. The van der Waals surface area contributed by atoms with Crippen LogP contribution in [-0.2, 0) is 20.5 Å². The molecule has 0 radical (unpaired) electrons. The summed E-state index contributed by atoms with van der Waals surface area (Å²) in [5.41, 5.74) is 2.19. The molecule has 0 saturated carbocycles. The van der Waals surface area contributed by atoms with Crippen LogP contribution in [0.1, 0.15) is 28.2 Å². The Balaban J connectivity index is 1.64. The van der Waals surface area contributed by atoms with Crippen LogP contribution in [0.5, 0.6) is 5.75 Å². The Morgan fingerprint density at radius 2 is 1.85 bits per heavy atom. The quantitative estimate of drug-likeness (QED) is 0.355. The van der Waals surface area contributed by atoms with Crippen LogP contribution in [-0.4, -0.2) is 34.4 Å². The molecular formula is C27H21BrN2O3S. The van der Waals surface area contributed by atoms with E-state index in [9.17, 15) is 9.59 Å². The monoisotopic (exact) mass is 532 g/mol. The molecule has 4 heterocycles. The summed E-state index contributed by atoms with van der Waals surface area (Å²) in [6.07, 6.45) is 0. The third-order valence-corrected chi connectivity index (χ3v) is 9.52. The number of para-hydroxylation sites is 1. The summed E-state index contributed by atoms with van der Waals surface area (Å²) >= 11 is 5.44. The highest BCUT2D eigenvalue weighted by Gasteiger charge is 2.81. The van der Waals surface area contributed by atoms with E-state index in [2.05, 4.69) is 57.3 Å². The Kier molecular flexibility index (Phi) is 4.25. The average molecular weight is 533 g/mol. The molecule has 1 amide bonds. The van der Waals surface area contributed by atoms with Crippen LogP contribution in [0.15, 0.2) is 71.2 Å². The number of aryl methyl sites for hydroxylation is 1. The van der Waals surface area contributed by atoms with Gasteiger partial charge in [-0.05, 0) is 36.8 Å². The van der Waals surface area contributed by atoms with Gasteiger partial charge in [-0.25, -0.2) is 0 Å². The number of carbonyl (C=O) groups is 2. The van der Waals surface area contributed by atoms with Crippen molar-refractivity contribution >= 4 is 45.3 Å². The number of hydrogen-bond donors (Lipinski definition) is 1. The van der Waals surface area contributed by atoms with Crippen molar-refractivity contribution < 1.29 is 14.3 Å². The Hall–Kier alpha value is -2.61. The van der Waals surface area contributed by atoms with Gasteiger partial charge in [0.2, 0.25) is 0 Å². The smallest absolute Gasteiger partial charge is 0.325 e. The molecule has 4 aliphatic heterocycles. The molecule has 0 bridgehead atoms. The zero-order valence-corrected chi connectivity index (χ0v) is 20.8. The van der Waals surface area contributed by atoms with Crippen LogP contribution in [0.4, 0.5) is 5.69 Å². The SMILES string of the molecule is Cc1ccc([C@@H]2[C@H]3CSCN3[C@]3(C(=O)Nc4ccc(Br)cc43)[C@@]23C(=O)Oc2ccccc23)cc1. The molecule has 0 unspecified atom stereocenters. The van der Waals surface area contributed by atoms with Gasteiger partial charge in [0.1, 0.15) is 11.2 Å². The second-order valence-electron chi connectivity index (χ2n) is 9.47. The van der Waals surface area contributed by atoms with Gasteiger partial charge in [-0.1, -0.05) is 64.0 Å². The van der Waals surface area contributed by atoms with Crippen molar-refractivity contribution in [1.82, 2.24) is 4.90 Å². The Morgan fingerprint density at radius 3 is 2.68 bits per heavy atom. The molecule has 4 atom stereocenters. The number of carbonyl (C=O) groups excluding carboxylic acids is 2. The van der Waals surface area contributed by atoms with Crippen molar-refractivity contribution in [3.63, 3.8) is 0 Å². The van der Waals surface area contributed by atoms with Crippen LogP contribution in [0.3, 0.4) is 0 Å². The van der Waals surface area contributed by atoms with Crippen LogP contribution >= 0.6 is 27.7 Å². The van der Waals surface area contributed by atoms with Gasteiger partial charge in [-0.2, -0.15) is 0 Å². The molecule has 4 aliphatic rings. The predicted octanol–water partition coefficient (Wildman–Crippen LogP) is 4.93. The Bertz CT molecular complexity index is 1390. The average Bonchev–Trinajstić information content (AvgIpc) is 3.54. The first kappa shape index (κ1) is 20.7. The van der Waals surface area contributed by atoms with E-state index in [1.807, 2.05) is 54.2 Å². The van der Waals surface area contributed by atoms with Crippen molar-refractivity contribution in [3.8, 4) is 5.75 Å². The molecule has 2 spiro atoms. The number of nitrogens with zero attached hydrogens (tertiary/aromatic N) is 1. The topological polar surface area (TPSA) is 58.6 Å². The maximum absolute atomic E-state index is 14.3. The van der Waals surface area contributed by atoms with Crippen molar-refractivity contribution in [2.24, 2.45) is 0 Å². The number of hydrogen-bond acceptors (Lipinski definition) is 5. The summed E-state index contributed by atoms with van der Waals surface area (Å²) in [5, 5.41) is 3.14. The summed E-state index contributed by atoms with van der Waals surface area (Å²) < 4.78 is 6.88. The summed E-state index contributed by atoms with van der Waals surface area (Å²) in [4.78, 5) is 30.8. The standard InChI is InChI=1S/C27H21BrN2O3S/c1-15-6-8-16(9-7-15)23-21-13-34-14-30(21)27(19-12-17(28)10-11-20(19)29-24(27)31)26(23)18-4-2-3-5-22(18)33-25(26)32/h2-12,21,23H,13-14H2,1H3,(H,29,31)/t21-,23-,26-,27-/m1/s1. The third kappa shape index (κ3) is 2.26. The number of benzene rings is 3. The molecule has 1 N–H and O–H groups in total. The molecule has 5 nitrogen and oxygen atoms in total. The van der Waals surface area contributed by atoms with Gasteiger partial charge >= 0.3 is 5.97 Å².